The van der Waals surface area contributed by atoms with E-state index in [4.69, 9.17) is 0 Å². The van der Waals surface area contributed by atoms with Crippen LogP contribution < -0.4 is 10.2 Å². The summed E-state index contributed by atoms with van der Waals surface area (Å²) in [5.41, 5.74) is 2.86. The molecule has 0 saturated carbocycles. The van der Waals surface area contributed by atoms with E-state index in [9.17, 15) is 4.79 Å². The summed E-state index contributed by atoms with van der Waals surface area (Å²) in [5.74, 6) is 1.05. The SMILES string of the molecule is CCCNC(=O)c1ccc(-c2ccc(N3CCCCC3)nc2)cc1. The lowest BCUT2D eigenvalue weighted by molar-refractivity contribution is 0.0953. The van der Waals surface area contributed by atoms with Crippen molar-refractivity contribution in [2.24, 2.45) is 0 Å². The summed E-state index contributed by atoms with van der Waals surface area (Å²) < 4.78 is 0. The predicted octanol–water partition coefficient (Wildman–Crippen LogP) is 3.88. The molecule has 0 spiro atoms. The van der Waals surface area contributed by atoms with Crippen LogP contribution in [-0.4, -0.2) is 30.5 Å². The second-order valence-corrected chi connectivity index (χ2v) is 6.29. The molecule has 2 aromatic rings. The van der Waals surface area contributed by atoms with Gasteiger partial charge in [-0.05, 0) is 55.5 Å². The maximum Gasteiger partial charge on any atom is 0.251 e. The summed E-state index contributed by atoms with van der Waals surface area (Å²) in [4.78, 5) is 18.9. The van der Waals surface area contributed by atoms with Gasteiger partial charge in [-0.3, -0.25) is 4.79 Å². The molecule has 1 fully saturated rings. The highest BCUT2D eigenvalue weighted by Gasteiger charge is 2.12. The fourth-order valence-corrected chi connectivity index (χ4v) is 3.02. The van der Waals surface area contributed by atoms with Gasteiger partial charge in [0.05, 0.1) is 0 Å². The summed E-state index contributed by atoms with van der Waals surface area (Å²) in [6.07, 6.45) is 6.71. The molecule has 1 N–H and O–H groups in total. The van der Waals surface area contributed by atoms with Crippen LogP contribution in [0.2, 0.25) is 0 Å². The van der Waals surface area contributed by atoms with Crippen molar-refractivity contribution in [3.05, 3.63) is 48.2 Å². The van der Waals surface area contributed by atoms with E-state index in [-0.39, 0.29) is 5.91 Å². The molecule has 1 aliphatic heterocycles. The molecule has 3 rings (SSSR count). The molecule has 1 aliphatic rings. The third-order valence-electron chi connectivity index (χ3n) is 4.44. The van der Waals surface area contributed by atoms with Crippen molar-refractivity contribution in [3.63, 3.8) is 0 Å². The van der Waals surface area contributed by atoms with Crippen LogP contribution >= 0.6 is 0 Å². The first kappa shape index (κ1) is 16.5. The Morgan fingerprint density at radius 3 is 2.38 bits per heavy atom. The first-order valence-corrected chi connectivity index (χ1v) is 8.87. The number of anilines is 1. The topological polar surface area (TPSA) is 45.2 Å². The molecule has 0 unspecified atom stereocenters. The number of hydrogen-bond donors (Lipinski definition) is 1. The molecule has 1 saturated heterocycles. The minimum Gasteiger partial charge on any atom is -0.357 e. The molecule has 1 aromatic carbocycles. The average molecular weight is 323 g/mol. The molecule has 2 heterocycles. The molecule has 0 aliphatic carbocycles. The van der Waals surface area contributed by atoms with E-state index in [1.54, 1.807) is 0 Å². The number of carbonyl (C=O) groups is 1. The zero-order chi connectivity index (χ0) is 16.8. The number of nitrogens with zero attached hydrogens (tertiary/aromatic N) is 2. The fourth-order valence-electron chi connectivity index (χ4n) is 3.02. The molecule has 1 amide bonds. The molecule has 1 aromatic heterocycles. The van der Waals surface area contributed by atoms with Crippen LogP contribution in [0.5, 0.6) is 0 Å². The van der Waals surface area contributed by atoms with Crippen molar-refractivity contribution >= 4 is 11.7 Å². The monoisotopic (exact) mass is 323 g/mol. The van der Waals surface area contributed by atoms with Gasteiger partial charge in [-0.15, -0.1) is 0 Å². The molecule has 0 atom stereocenters. The van der Waals surface area contributed by atoms with Gasteiger partial charge in [0.25, 0.3) is 5.91 Å². The lowest BCUT2D eigenvalue weighted by Crippen LogP contribution is -2.29. The van der Waals surface area contributed by atoms with Crippen molar-refractivity contribution in [1.29, 1.82) is 0 Å². The van der Waals surface area contributed by atoms with Crippen LogP contribution in [0.4, 0.5) is 5.82 Å². The molecule has 4 heteroatoms. The van der Waals surface area contributed by atoms with Crippen LogP contribution in [0.1, 0.15) is 43.0 Å². The highest BCUT2D eigenvalue weighted by atomic mass is 16.1. The van der Waals surface area contributed by atoms with E-state index in [1.165, 1.54) is 19.3 Å². The lowest BCUT2D eigenvalue weighted by Gasteiger charge is -2.27. The molecular formula is C20H25N3O. The number of hydrogen-bond acceptors (Lipinski definition) is 3. The van der Waals surface area contributed by atoms with E-state index >= 15 is 0 Å². The van der Waals surface area contributed by atoms with Gasteiger partial charge in [0.2, 0.25) is 0 Å². The van der Waals surface area contributed by atoms with Crippen LogP contribution in [0.15, 0.2) is 42.6 Å². The summed E-state index contributed by atoms with van der Waals surface area (Å²) in [7, 11) is 0. The predicted molar refractivity (Wildman–Crippen MR) is 98.4 cm³/mol. The zero-order valence-electron chi connectivity index (χ0n) is 14.3. The van der Waals surface area contributed by atoms with Crippen LogP contribution in [0.3, 0.4) is 0 Å². The standard InChI is InChI=1S/C20H25N3O/c1-2-12-21-20(24)17-8-6-16(7-9-17)18-10-11-19(22-15-18)23-13-4-3-5-14-23/h6-11,15H,2-5,12-14H2,1H3,(H,21,24). The maximum absolute atomic E-state index is 11.9. The van der Waals surface area contributed by atoms with Gasteiger partial charge >= 0.3 is 0 Å². The second kappa shape index (κ2) is 7.95. The zero-order valence-corrected chi connectivity index (χ0v) is 14.3. The lowest BCUT2D eigenvalue weighted by atomic mass is 10.1. The van der Waals surface area contributed by atoms with Gasteiger partial charge in [-0.2, -0.15) is 0 Å². The minimum absolute atomic E-state index is 0.0121. The highest BCUT2D eigenvalue weighted by Crippen LogP contribution is 2.23. The first-order valence-electron chi connectivity index (χ1n) is 8.87. The normalized spacial score (nSPS) is 14.5. The Balaban J connectivity index is 1.68. The van der Waals surface area contributed by atoms with E-state index in [0.717, 1.165) is 36.5 Å². The van der Waals surface area contributed by atoms with Gasteiger partial charge in [-0.25, -0.2) is 4.98 Å². The Kier molecular flexibility index (Phi) is 5.47. The Bertz CT molecular complexity index is 658. The smallest absolute Gasteiger partial charge is 0.251 e. The third-order valence-corrected chi connectivity index (χ3v) is 4.44. The second-order valence-electron chi connectivity index (χ2n) is 6.29. The van der Waals surface area contributed by atoms with Crippen molar-refractivity contribution in [2.45, 2.75) is 32.6 Å². The number of rotatable bonds is 5. The van der Waals surface area contributed by atoms with Crippen LogP contribution in [0.25, 0.3) is 11.1 Å². The Labute approximate surface area is 143 Å². The van der Waals surface area contributed by atoms with Gasteiger partial charge in [0.15, 0.2) is 0 Å². The Morgan fingerprint density at radius 1 is 1.04 bits per heavy atom. The Morgan fingerprint density at radius 2 is 1.75 bits per heavy atom. The molecule has 0 bridgehead atoms. The van der Waals surface area contributed by atoms with Crippen molar-refractivity contribution in [2.75, 3.05) is 24.5 Å². The van der Waals surface area contributed by atoms with Crippen molar-refractivity contribution in [3.8, 4) is 11.1 Å². The number of benzene rings is 1. The largest absolute Gasteiger partial charge is 0.357 e. The summed E-state index contributed by atoms with van der Waals surface area (Å²) in [6.45, 7) is 4.97. The first-order chi connectivity index (χ1) is 11.8. The summed E-state index contributed by atoms with van der Waals surface area (Å²) in [6, 6.07) is 11.9. The summed E-state index contributed by atoms with van der Waals surface area (Å²) >= 11 is 0. The number of piperidine rings is 1. The van der Waals surface area contributed by atoms with E-state index in [1.807, 2.05) is 37.4 Å². The molecule has 0 radical (unpaired) electrons. The molecule has 24 heavy (non-hydrogen) atoms. The number of carbonyl (C=O) groups excluding carboxylic acids is 1. The minimum atomic E-state index is -0.0121. The van der Waals surface area contributed by atoms with E-state index < -0.39 is 0 Å². The van der Waals surface area contributed by atoms with Gasteiger partial charge in [0, 0.05) is 37.0 Å². The number of pyridine rings is 1. The van der Waals surface area contributed by atoms with Crippen molar-refractivity contribution in [1.82, 2.24) is 10.3 Å². The van der Waals surface area contributed by atoms with Crippen LogP contribution in [0, 0.1) is 0 Å². The summed E-state index contributed by atoms with van der Waals surface area (Å²) in [5, 5.41) is 2.89. The quantitative estimate of drug-likeness (QED) is 0.908. The Hall–Kier alpha value is -2.36. The molecule has 126 valence electrons. The third kappa shape index (κ3) is 3.94. The number of nitrogens with one attached hydrogen (secondary N) is 1. The van der Waals surface area contributed by atoms with Gasteiger partial charge in [0.1, 0.15) is 5.82 Å². The average Bonchev–Trinajstić information content (AvgIpc) is 2.67. The molecular weight excluding hydrogens is 298 g/mol. The maximum atomic E-state index is 11.9. The highest BCUT2D eigenvalue weighted by molar-refractivity contribution is 5.94. The number of aromatic nitrogens is 1. The van der Waals surface area contributed by atoms with Crippen LogP contribution in [-0.2, 0) is 0 Å². The van der Waals surface area contributed by atoms with E-state index in [2.05, 4.69) is 27.3 Å². The fraction of sp³-hybridized carbons (Fsp3) is 0.400. The van der Waals surface area contributed by atoms with E-state index in [0.29, 0.717) is 12.1 Å². The van der Waals surface area contributed by atoms with Gasteiger partial charge < -0.3 is 10.2 Å². The van der Waals surface area contributed by atoms with Gasteiger partial charge in [-0.1, -0.05) is 19.1 Å². The van der Waals surface area contributed by atoms with Crippen molar-refractivity contribution < 1.29 is 4.79 Å². The molecule has 4 nitrogen and oxygen atoms in total. The number of amides is 1.